The van der Waals surface area contributed by atoms with Crippen LogP contribution in [-0.4, -0.2) is 21.2 Å². The molecular weight excluding hydrogens is 230 g/mol. The summed E-state index contributed by atoms with van der Waals surface area (Å²) in [5.41, 5.74) is 0.346. The Morgan fingerprint density at radius 1 is 1.39 bits per heavy atom. The number of ether oxygens (including phenoxy) is 1. The molecular formula is C14H17NO3. The van der Waals surface area contributed by atoms with Crippen molar-refractivity contribution in [3.05, 3.63) is 30.5 Å². The minimum Gasteiger partial charge on any atom is -0.508 e. The normalized spacial score (nSPS) is 11.7. The number of nitrogens with zero attached hydrogens (tertiary/aromatic N) is 1. The fraction of sp³-hybridized carbons (Fsp3) is 0.357. The van der Waals surface area contributed by atoms with Crippen molar-refractivity contribution in [2.75, 3.05) is 0 Å². The quantitative estimate of drug-likeness (QED) is 0.848. The summed E-state index contributed by atoms with van der Waals surface area (Å²) in [6, 6.07) is 7.20. The monoisotopic (exact) mass is 247 g/mol. The lowest BCUT2D eigenvalue weighted by atomic mass is 10.1. The van der Waals surface area contributed by atoms with Gasteiger partial charge in [-0.05, 0) is 37.4 Å². The van der Waals surface area contributed by atoms with Crippen LogP contribution in [0.5, 0.6) is 5.75 Å². The lowest BCUT2D eigenvalue weighted by Gasteiger charge is -2.25. The van der Waals surface area contributed by atoms with Crippen LogP contribution in [0.1, 0.15) is 20.8 Å². The van der Waals surface area contributed by atoms with Crippen molar-refractivity contribution in [2.45, 2.75) is 32.9 Å². The highest BCUT2D eigenvalue weighted by Crippen LogP contribution is 2.23. The molecule has 1 N–H and O–H groups in total. The van der Waals surface area contributed by atoms with Crippen molar-refractivity contribution in [1.82, 2.24) is 4.57 Å². The molecule has 0 unspecified atom stereocenters. The number of carbonyl (C=O) groups is 1. The predicted octanol–water partition coefficient (Wildman–Crippen LogP) is 2.69. The Hall–Kier alpha value is -1.97. The van der Waals surface area contributed by atoms with Crippen LogP contribution in [0, 0.1) is 0 Å². The molecule has 1 heterocycles. The Morgan fingerprint density at radius 3 is 2.78 bits per heavy atom. The van der Waals surface area contributed by atoms with Crippen LogP contribution >= 0.6 is 0 Å². The summed E-state index contributed by atoms with van der Waals surface area (Å²) in [6.07, 6.45) is 1.93. The second-order valence-corrected chi connectivity index (χ2v) is 5.04. The molecule has 4 nitrogen and oxygen atoms in total. The molecule has 0 aliphatic carbocycles. The van der Waals surface area contributed by atoms with Crippen LogP contribution < -0.4 is 0 Å². The van der Waals surface area contributed by atoms with Crippen molar-refractivity contribution in [3.8, 4) is 5.75 Å². The average molecular weight is 247 g/mol. The molecule has 96 valence electrons. The van der Waals surface area contributed by atoms with Crippen LogP contribution in [-0.2, 0) is 16.1 Å². The molecule has 0 aliphatic rings. The first-order chi connectivity index (χ1) is 8.37. The summed E-state index contributed by atoms with van der Waals surface area (Å²) in [6.45, 7) is 5.67. The highest BCUT2D eigenvalue weighted by atomic mass is 16.6. The van der Waals surface area contributed by atoms with E-state index in [1.54, 1.807) is 12.1 Å². The van der Waals surface area contributed by atoms with E-state index in [1.165, 1.54) is 6.92 Å². The van der Waals surface area contributed by atoms with Gasteiger partial charge in [-0.1, -0.05) is 0 Å². The number of phenolic OH excluding ortho intramolecular Hbond substituents is 1. The van der Waals surface area contributed by atoms with Crippen LogP contribution in [0.3, 0.4) is 0 Å². The molecule has 0 amide bonds. The lowest BCUT2D eigenvalue weighted by molar-refractivity contribution is -0.154. The third-order valence-corrected chi connectivity index (χ3v) is 2.73. The Labute approximate surface area is 106 Å². The number of aromatic nitrogens is 1. The van der Waals surface area contributed by atoms with E-state index in [2.05, 4.69) is 0 Å². The lowest BCUT2D eigenvalue weighted by Crippen LogP contribution is -2.32. The number of phenols is 1. The maximum atomic E-state index is 11.0. The first-order valence-electron chi connectivity index (χ1n) is 5.85. The molecule has 0 radical (unpaired) electrons. The zero-order valence-electron chi connectivity index (χ0n) is 10.8. The van der Waals surface area contributed by atoms with Gasteiger partial charge >= 0.3 is 5.97 Å². The molecule has 4 heteroatoms. The molecule has 0 atom stereocenters. The highest BCUT2D eigenvalue weighted by molar-refractivity contribution is 5.81. The molecule has 18 heavy (non-hydrogen) atoms. The van der Waals surface area contributed by atoms with Gasteiger partial charge in [-0.25, -0.2) is 0 Å². The number of esters is 1. The summed E-state index contributed by atoms with van der Waals surface area (Å²) in [5.74, 6) is -0.0629. The van der Waals surface area contributed by atoms with Gasteiger partial charge in [0, 0.05) is 19.2 Å². The van der Waals surface area contributed by atoms with E-state index in [4.69, 9.17) is 4.74 Å². The first-order valence-corrected chi connectivity index (χ1v) is 5.85. The first kappa shape index (κ1) is 12.5. The largest absolute Gasteiger partial charge is 0.508 e. The Balaban J connectivity index is 2.31. The summed E-state index contributed by atoms with van der Waals surface area (Å²) >= 11 is 0. The van der Waals surface area contributed by atoms with E-state index in [-0.39, 0.29) is 11.7 Å². The van der Waals surface area contributed by atoms with E-state index in [9.17, 15) is 9.90 Å². The van der Waals surface area contributed by atoms with E-state index >= 15 is 0 Å². The molecule has 2 rings (SSSR count). The minimum absolute atomic E-state index is 0.229. The maximum Gasteiger partial charge on any atom is 0.303 e. The van der Waals surface area contributed by atoms with Gasteiger partial charge in [0.15, 0.2) is 0 Å². The highest BCUT2D eigenvalue weighted by Gasteiger charge is 2.22. The van der Waals surface area contributed by atoms with Gasteiger partial charge < -0.3 is 14.4 Å². The van der Waals surface area contributed by atoms with Crippen LogP contribution in [0.4, 0.5) is 0 Å². The maximum absolute atomic E-state index is 11.0. The number of hydrogen-bond acceptors (Lipinski definition) is 3. The second kappa shape index (κ2) is 4.37. The minimum atomic E-state index is -0.580. The SMILES string of the molecule is CC(=O)OC(C)(C)Cn1ccc2ccc(O)cc21. The molecule has 0 bridgehead atoms. The number of rotatable bonds is 3. The van der Waals surface area contributed by atoms with Gasteiger partial charge in [-0.2, -0.15) is 0 Å². The van der Waals surface area contributed by atoms with E-state index in [1.807, 2.05) is 36.7 Å². The zero-order chi connectivity index (χ0) is 13.3. The van der Waals surface area contributed by atoms with Crippen molar-refractivity contribution < 1.29 is 14.6 Å². The van der Waals surface area contributed by atoms with Crippen LogP contribution in [0.2, 0.25) is 0 Å². The van der Waals surface area contributed by atoms with E-state index in [0.29, 0.717) is 6.54 Å². The number of hydrogen-bond donors (Lipinski definition) is 1. The third kappa shape index (κ3) is 2.64. The summed E-state index contributed by atoms with van der Waals surface area (Å²) in [5, 5.41) is 10.6. The van der Waals surface area contributed by atoms with Crippen molar-refractivity contribution in [3.63, 3.8) is 0 Å². The van der Waals surface area contributed by atoms with Crippen LogP contribution in [0.25, 0.3) is 10.9 Å². The molecule has 0 spiro atoms. The summed E-state index contributed by atoms with van der Waals surface area (Å²) in [7, 11) is 0. The van der Waals surface area contributed by atoms with Gasteiger partial charge in [0.05, 0.1) is 12.1 Å². The van der Waals surface area contributed by atoms with Crippen molar-refractivity contribution in [2.24, 2.45) is 0 Å². The average Bonchev–Trinajstić information content (AvgIpc) is 2.58. The topological polar surface area (TPSA) is 51.5 Å². The number of carbonyl (C=O) groups excluding carboxylic acids is 1. The molecule has 1 aromatic heterocycles. The fourth-order valence-electron chi connectivity index (χ4n) is 2.14. The van der Waals surface area contributed by atoms with E-state index < -0.39 is 5.60 Å². The summed E-state index contributed by atoms with van der Waals surface area (Å²) < 4.78 is 7.24. The third-order valence-electron chi connectivity index (χ3n) is 2.73. The number of fused-ring (bicyclic) bond motifs is 1. The van der Waals surface area contributed by atoms with Crippen LogP contribution in [0.15, 0.2) is 30.5 Å². The molecule has 0 aliphatic heterocycles. The zero-order valence-corrected chi connectivity index (χ0v) is 10.8. The van der Waals surface area contributed by atoms with Crippen molar-refractivity contribution in [1.29, 1.82) is 0 Å². The number of aromatic hydroxyl groups is 1. The second-order valence-electron chi connectivity index (χ2n) is 5.04. The molecule has 0 fully saturated rings. The van der Waals surface area contributed by atoms with Gasteiger partial charge in [0.25, 0.3) is 0 Å². The van der Waals surface area contributed by atoms with E-state index in [0.717, 1.165) is 10.9 Å². The Morgan fingerprint density at radius 2 is 2.11 bits per heavy atom. The van der Waals surface area contributed by atoms with Gasteiger partial charge in [0.2, 0.25) is 0 Å². The molecule has 0 saturated heterocycles. The Kier molecular flexibility index (Phi) is 3.03. The Bertz CT molecular complexity index is 584. The fourth-order valence-corrected chi connectivity index (χ4v) is 2.14. The summed E-state index contributed by atoms with van der Waals surface area (Å²) in [4.78, 5) is 11.0. The van der Waals surface area contributed by atoms with Gasteiger partial charge in [-0.3, -0.25) is 4.79 Å². The van der Waals surface area contributed by atoms with Gasteiger partial charge in [0.1, 0.15) is 11.4 Å². The standard InChI is InChI=1S/C14H17NO3/c1-10(16)18-14(2,3)9-15-7-6-11-4-5-12(17)8-13(11)15/h4-8,17H,9H2,1-3H3. The smallest absolute Gasteiger partial charge is 0.303 e. The van der Waals surface area contributed by atoms with Gasteiger partial charge in [-0.15, -0.1) is 0 Å². The predicted molar refractivity (Wildman–Crippen MR) is 69.4 cm³/mol. The molecule has 0 saturated carbocycles. The van der Waals surface area contributed by atoms with Crippen molar-refractivity contribution >= 4 is 16.9 Å². The number of benzene rings is 1. The molecule has 2 aromatic rings. The molecule has 1 aromatic carbocycles.